The summed E-state index contributed by atoms with van der Waals surface area (Å²) in [6.07, 6.45) is 2.11. The highest BCUT2D eigenvalue weighted by molar-refractivity contribution is 5.93. The molecule has 0 radical (unpaired) electrons. The highest BCUT2D eigenvalue weighted by Gasteiger charge is 2.44. The molecule has 1 atom stereocenters. The standard InChI is InChI=1S/C28H36N2O6/c1-27(2,3)36-26(33)30-28(16-8-9-17-28)25(32)29-22(24(31)35-5)18-19-12-14-20(15-13-19)21-10-6-7-11-23(21)34-4/h6-7,10-15,22H,8-9,16-18H2,1-5H3,(H,29,32)(H,30,33). The number of hydrogen-bond acceptors (Lipinski definition) is 6. The number of amides is 2. The van der Waals surface area contributed by atoms with Gasteiger partial charge in [-0.1, -0.05) is 55.3 Å². The largest absolute Gasteiger partial charge is 0.496 e. The third-order valence-electron chi connectivity index (χ3n) is 6.23. The fraction of sp³-hybridized carbons (Fsp3) is 0.464. The van der Waals surface area contributed by atoms with Crippen molar-refractivity contribution in [1.82, 2.24) is 10.6 Å². The van der Waals surface area contributed by atoms with E-state index in [1.165, 1.54) is 7.11 Å². The molecule has 36 heavy (non-hydrogen) atoms. The molecule has 3 rings (SSSR count). The van der Waals surface area contributed by atoms with Crippen molar-refractivity contribution in [1.29, 1.82) is 0 Å². The number of hydrogen-bond donors (Lipinski definition) is 2. The molecule has 0 aromatic heterocycles. The van der Waals surface area contributed by atoms with E-state index >= 15 is 0 Å². The maximum absolute atomic E-state index is 13.4. The molecular weight excluding hydrogens is 460 g/mol. The van der Waals surface area contributed by atoms with Crippen LogP contribution in [0.5, 0.6) is 5.75 Å². The fourth-order valence-electron chi connectivity index (χ4n) is 4.46. The summed E-state index contributed by atoms with van der Waals surface area (Å²) in [5.41, 5.74) is 0.972. The lowest BCUT2D eigenvalue weighted by atomic mass is 9.95. The predicted molar refractivity (Wildman–Crippen MR) is 137 cm³/mol. The van der Waals surface area contributed by atoms with Crippen molar-refractivity contribution in [2.75, 3.05) is 14.2 Å². The number of carbonyl (C=O) groups is 3. The van der Waals surface area contributed by atoms with E-state index in [9.17, 15) is 14.4 Å². The van der Waals surface area contributed by atoms with E-state index in [0.717, 1.165) is 35.3 Å². The van der Waals surface area contributed by atoms with Crippen LogP contribution in [0.4, 0.5) is 4.79 Å². The lowest BCUT2D eigenvalue weighted by Gasteiger charge is -2.32. The SMILES string of the molecule is COC(=O)C(Cc1ccc(-c2ccccc2OC)cc1)NC(=O)C1(NC(=O)OC(C)(C)C)CCCC1. The molecule has 1 fully saturated rings. The molecule has 0 bridgehead atoms. The quantitative estimate of drug-likeness (QED) is 0.525. The van der Waals surface area contributed by atoms with E-state index < -0.39 is 35.2 Å². The van der Waals surface area contributed by atoms with Gasteiger partial charge in [0.25, 0.3) is 0 Å². The second kappa shape index (κ2) is 11.5. The van der Waals surface area contributed by atoms with Gasteiger partial charge in [0.1, 0.15) is 22.9 Å². The van der Waals surface area contributed by atoms with Gasteiger partial charge in [-0.3, -0.25) is 4.79 Å². The van der Waals surface area contributed by atoms with Crippen LogP contribution in [0.15, 0.2) is 48.5 Å². The van der Waals surface area contributed by atoms with Crippen LogP contribution in [0, 0.1) is 0 Å². The molecule has 2 aromatic carbocycles. The molecule has 0 heterocycles. The molecule has 0 aliphatic heterocycles. The van der Waals surface area contributed by atoms with E-state index in [-0.39, 0.29) is 6.42 Å². The number of methoxy groups -OCH3 is 2. The number of ether oxygens (including phenoxy) is 3. The highest BCUT2D eigenvalue weighted by Crippen LogP contribution is 2.31. The smallest absolute Gasteiger partial charge is 0.408 e. The van der Waals surface area contributed by atoms with Gasteiger partial charge in [-0.05, 0) is 50.8 Å². The molecule has 8 heteroatoms. The number of para-hydroxylation sites is 1. The minimum Gasteiger partial charge on any atom is -0.496 e. The molecule has 2 amide bonds. The molecule has 2 aromatic rings. The van der Waals surface area contributed by atoms with Crippen molar-refractivity contribution in [2.24, 2.45) is 0 Å². The summed E-state index contributed by atoms with van der Waals surface area (Å²) in [4.78, 5) is 38.5. The van der Waals surface area contributed by atoms with Gasteiger partial charge >= 0.3 is 12.1 Å². The maximum atomic E-state index is 13.4. The van der Waals surface area contributed by atoms with Crippen molar-refractivity contribution in [3.63, 3.8) is 0 Å². The van der Waals surface area contributed by atoms with Gasteiger partial charge in [-0.25, -0.2) is 9.59 Å². The van der Waals surface area contributed by atoms with Gasteiger partial charge < -0.3 is 24.8 Å². The molecule has 2 N–H and O–H groups in total. The van der Waals surface area contributed by atoms with Crippen molar-refractivity contribution < 1.29 is 28.6 Å². The van der Waals surface area contributed by atoms with E-state index in [2.05, 4.69) is 10.6 Å². The summed E-state index contributed by atoms with van der Waals surface area (Å²) < 4.78 is 15.8. The summed E-state index contributed by atoms with van der Waals surface area (Å²) in [5.74, 6) is -0.196. The van der Waals surface area contributed by atoms with E-state index in [0.29, 0.717) is 12.8 Å². The lowest BCUT2D eigenvalue weighted by Crippen LogP contribution is -2.60. The van der Waals surface area contributed by atoms with Gasteiger partial charge in [0, 0.05) is 12.0 Å². The summed E-state index contributed by atoms with van der Waals surface area (Å²) in [6, 6.07) is 14.5. The maximum Gasteiger partial charge on any atom is 0.408 e. The molecule has 0 spiro atoms. The van der Waals surface area contributed by atoms with Gasteiger partial charge in [-0.15, -0.1) is 0 Å². The van der Waals surface area contributed by atoms with Crippen LogP contribution in [0.1, 0.15) is 52.0 Å². The van der Waals surface area contributed by atoms with Crippen LogP contribution in [-0.2, 0) is 25.5 Å². The summed E-state index contributed by atoms with van der Waals surface area (Å²) in [6.45, 7) is 5.29. The van der Waals surface area contributed by atoms with E-state index in [1.807, 2.05) is 48.5 Å². The minimum absolute atomic E-state index is 0.243. The molecule has 1 aliphatic carbocycles. The Kier molecular flexibility index (Phi) is 8.61. The monoisotopic (exact) mass is 496 g/mol. The molecule has 0 saturated heterocycles. The molecule has 1 saturated carbocycles. The van der Waals surface area contributed by atoms with Gasteiger partial charge in [0.15, 0.2) is 0 Å². The molecule has 1 aliphatic rings. The second-order valence-corrected chi connectivity index (χ2v) is 10.1. The van der Waals surface area contributed by atoms with Crippen LogP contribution in [-0.4, -0.2) is 49.4 Å². The Labute approximate surface area is 212 Å². The van der Waals surface area contributed by atoms with Gasteiger partial charge in [0.2, 0.25) is 5.91 Å². The first kappa shape index (κ1) is 27.0. The predicted octanol–water partition coefficient (Wildman–Crippen LogP) is 4.40. The van der Waals surface area contributed by atoms with E-state index in [4.69, 9.17) is 14.2 Å². The van der Waals surface area contributed by atoms with Crippen LogP contribution >= 0.6 is 0 Å². The number of alkyl carbamates (subject to hydrolysis) is 1. The third kappa shape index (κ3) is 6.77. The normalized spacial score (nSPS) is 15.5. The Hall–Kier alpha value is -3.55. The van der Waals surface area contributed by atoms with Crippen LogP contribution < -0.4 is 15.4 Å². The minimum atomic E-state index is -1.12. The molecule has 8 nitrogen and oxygen atoms in total. The first-order valence-electron chi connectivity index (χ1n) is 12.2. The number of rotatable bonds is 8. The number of carbonyl (C=O) groups excluding carboxylic acids is 3. The van der Waals surface area contributed by atoms with Crippen molar-refractivity contribution in [3.8, 4) is 16.9 Å². The first-order valence-corrected chi connectivity index (χ1v) is 12.2. The Morgan fingerprint density at radius 2 is 1.61 bits per heavy atom. The Bertz CT molecular complexity index is 1070. The average molecular weight is 497 g/mol. The zero-order valence-electron chi connectivity index (χ0n) is 21.7. The number of nitrogens with one attached hydrogen (secondary N) is 2. The second-order valence-electron chi connectivity index (χ2n) is 10.1. The van der Waals surface area contributed by atoms with Gasteiger partial charge in [0.05, 0.1) is 14.2 Å². The lowest BCUT2D eigenvalue weighted by molar-refractivity contribution is -0.145. The Morgan fingerprint density at radius 3 is 2.19 bits per heavy atom. The summed E-state index contributed by atoms with van der Waals surface area (Å²) >= 11 is 0. The number of esters is 1. The van der Waals surface area contributed by atoms with Crippen molar-refractivity contribution in [2.45, 2.75) is 70.1 Å². The van der Waals surface area contributed by atoms with Crippen LogP contribution in [0.2, 0.25) is 0 Å². The fourth-order valence-corrected chi connectivity index (χ4v) is 4.46. The summed E-state index contributed by atoms with van der Waals surface area (Å²) in [7, 11) is 2.92. The topological polar surface area (TPSA) is 103 Å². The highest BCUT2D eigenvalue weighted by atomic mass is 16.6. The zero-order chi connectivity index (χ0) is 26.3. The van der Waals surface area contributed by atoms with Crippen LogP contribution in [0.3, 0.4) is 0 Å². The average Bonchev–Trinajstić information content (AvgIpc) is 3.31. The summed E-state index contributed by atoms with van der Waals surface area (Å²) in [5, 5.41) is 5.60. The molecule has 194 valence electrons. The van der Waals surface area contributed by atoms with E-state index in [1.54, 1.807) is 27.9 Å². The van der Waals surface area contributed by atoms with Crippen molar-refractivity contribution >= 4 is 18.0 Å². The Morgan fingerprint density at radius 1 is 0.972 bits per heavy atom. The Balaban J connectivity index is 1.75. The van der Waals surface area contributed by atoms with Crippen LogP contribution in [0.25, 0.3) is 11.1 Å². The van der Waals surface area contributed by atoms with Crippen molar-refractivity contribution in [3.05, 3.63) is 54.1 Å². The zero-order valence-corrected chi connectivity index (χ0v) is 21.7. The molecule has 1 unspecified atom stereocenters. The first-order chi connectivity index (χ1) is 17.1. The van der Waals surface area contributed by atoms with Gasteiger partial charge in [-0.2, -0.15) is 0 Å². The number of benzene rings is 2. The third-order valence-corrected chi connectivity index (χ3v) is 6.23. The molecular formula is C28H36N2O6.